The van der Waals surface area contributed by atoms with E-state index in [0.29, 0.717) is 0 Å². The standard InChI is InChI=1S/C14H19N3/c1-11(2)7-8-16-13-5-3-12(4-6-13)14-9-15-10-17-14/h3-6,9-11,16H,7-8H2,1-2H3,(H,15,17). The first-order valence-electron chi connectivity index (χ1n) is 6.08. The van der Waals surface area contributed by atoms with E-state index < -0.39 is 0 Å². The number of aromatic amines is 1. The molecule has 0 spiro atoms. The molecule has 0 aliphatic carbocycles. The third-order valence-corrected chi connectivity index (χ3v) is 2.74. The summed E-state index contributed by atoms with van der Waals surface area (Å²) in [7, 11) is 0. The summed E-state index contributed by atoms with van der Waals surface area (Å²) in [5, 5.41) is 3.42. The van der Waals surface area contributed by atoms with Crippen LogP contribution in [0.25, 0.3) is 11.3 Å². The molecule has 0 saturated heterocycles. The molecule has 0 aliphatic heterocycles. The summed E-state index contributed by atoms with van der Waals surface area (Å²) in [6.07, 6.45) is 4.73. The van der Waals surface area contributed by atoms with Crippen molar-refractivity contribution >= 4 is 5.69 Å². The first-order valence-corrected chi connectivity index (χ1v) is 6.08. The minimum atomic E-state index is 0.742. The van der Waals surface area contributed by atoms with E-state index in [1.165, 1.54) is 12.1 Å². The summed E-state index contributed by atoms with van der Waals surface area (Å²) in [6, 6.07) is 8.42. The topological polar surface area (TPSA) is 40.7 Å². The molecule has 1 aromatic carbocycles. The lowest BCUT2D eigenvalue weighted by Crippen LogP contribution is -2.04. The Kier molecular flexibility index (Phi) is 3.81. The summed E-state index contributed by atoms with van der Waals surface area (Å²) < 4.78 is 0. The van der Waals surface area contributed by atoms with E-state index >= 15 is 0 Å². The third kappa shape index (κ3) is 3.34. The number of imidazole rings is 1. The lowest BCUT2D eigenvalue weighted by molar-refractivity contribution is 0.607. The predicted molar refractivity (Wildman–Crippen MR) is 72.0 cm³/mol. The van der Waals surface area contributed by atoms with Crippen LogP contribution in [-0.2, 0) is 0 Å². The molecule has 2 aromatic rings. The number of benzene rings is 1. The molecule has 0 aliphatic rings. The molecular formula is C14H19N3. The van der Waals surface area contributed by atoms with Crippen molar-refractivity contribution in [1.29, 1.82) is 0 Å². The minimum Gasteiger partial charge on any atom is -0.385 e. The smallest absolute Gasteiger partial charge is 0.0924 e. The molecule has 1 heterocycles. The number of hydrogen-bond donors (Lipinski definition) is 2. The zero-order valence-corrected chi connectivity index (χ0v) is 10.4. The van der Waals surface area contributed by atoms with Crippen LogP contribution in [0.15, 0.2) is 36.8 Å². The van der Waals surface area contributed by atoms with Gasteiger partial charge in [0, 0.05) is 12.2 Å². The number of H-pyrrole nitrogens is 1. The summed E-state index contributed by atoms with van der Waals surface area (Å²) in [4.78, 5) is 7.12. The van der Waals surface area contributed by atoms with E-state index in [9.17, 15) is 0 Å². The van der Waals surface area contributed by atoms with Crippen LogP contribution in [0, 0.1) is 5.92 Å². The molecule has 0 unspecified atom stereocenters. The molecule has 1 aromatic heterocycles. The van der Waals surface area contributed by atoms with E-state index in [4.69, 9.17) is 0 Å². The Hall–Kier alpha value is -1.77. The Morgan fingerprint density at radius 1 is 1.24 bits per heavy atom. The number of nitrogens with one attached hydrogen (secondary N) is 2. The third-order valence-electron chi connectivity index (χ3n) is 2.74. The molecule has 3 heteroatoms. The van der Waals surface area contributed by atoms with Gasteiger partial charge in [0.15, 0.2) is 0 Å². The molecule has 0 atom stereocenters. The zero-order chi connectivity index (χ0) is 12.1. The van der Waals surface area contributed by atoms with Gasteiger partial charge in [0.2, 0.25) is 0 Å². The van der Waals surface area contributed by atoms with Gasteiger partial charge in [-0.2, -0.15) is 0 Å². The molecule has 90 valence electrons. The number of rotatable bonds is 5. The highest BCUT2D eigenvalue weighted by Crippen LogP contribution is 2.18. The first-order chi connectivity index (χ1) is 8.25. The van der Waals surface area contributed by atoms with Crippen molar-refractivity contribution in [1.82, 2.24) is 9.97 Å². The quantitative estimate of drug-likeness (QED) is 0.823. The maximum absolute atomic E-state index is 4.02. The average Bonchev–Trinajstić information content (AvgIpc) is 2.83. The largest absolute Gasteiger partial charge is 0.385 e. The molecule has 0 fully saturated rings. The van der Waals surface area contributed by atoms with Gasteiger partial charge in [0.1, 0.15) is 0 Å². The lowest BCUT2D eigenvalue weighted by Gasteiger charge is -2.08. The maximum atomic E-state index is 4.02. The fourth-order valence-corrected chi connectivity index (χ4v) is 1.69. The van der Waals surface area contributed by atoms with Gasteiger partial charge in [-0.25, -0.2) is 4.98 Å². The highest BCUT2D eigenvalue weighted by atomic mass is 14.9. The van der Waals surface area contributed by atoms with Gasteiger partial charge in [-0.3, -0.25) is 0 Å². The van der Waals surface area contributed by atoms with Gasteiger partial charge in [-0.15, -0.1) is 0 Å². The lowest BCUT2D eigenvalue weighted by atomic mass is 10.1. The second-order valence-electron chi connectivity index (χ2n) is 4.65. The van der Waals surface area contributed by atoms with Crippen LogP contribution in [-0.4, -0.2) is 16.5 Å². The van der Waals surface area contributed by atoms with Crippen molar-refractivity contribution in [2.75, 3.05) is 11.9 Å². The van der Waals surface area contributed by atoms with E-state index in [1.807, 2.05) is 6.20 Å². The fourth-order valence-electron chi connectivity index (χ4n) is 1.69. The second kappa shape index (κ2) is 5.53. The number of aromatic nitrogens is 2. The van der Waals surface area contributed by atoms with Crippen molar-refractivity contribution in [2.24, 2.45) is 5.92 Å². The maximum Gasteiger partial charge on any atom is 0.0924 e. The van der Waals surface area contributed by atoms with Gasteiger partial charge in [0.25, 0.3) is 0 Å². The van der Waals surface area contributed by atoms with Crippen molar-refractivity contribution < 1.29 is 0 Å². The number of hydrogen-bond acceptors (Lipinski definition) is 2. The Bertz CT molecular complexity index is 429. The molecule has 2 N–H and O–H groups in total. The molecule has 0 bridgehead atoms. The van der Waals surface area contributed by atoms with Gasteiger partial charge in [0.05, 0.1) is 18.2 Å². The van der Waals surface area contributed by atoms with Crippen molar-refractivity contribution in [3.05, 3.63) is 36.8 Å². The first kappa shape index (κ1) is 11.7. The molecule has 0 amide bonds. The van der Waals surface area contributed by atoms with E-state index in [-0.39, 0.29) is 0 Å². The van der Waals surface area contributed by atoms with Gasteiger partial charge >= 0.3 is 0 Å². The number of anilines is 1. The Morgan fingerprint density at radius 3 is 2.59 bits per heavy atom. The molecule has 2 rings (SSSR count). The van der Waals surface area contributed by atoms with E-state index in [1.54, 1.807) is 6.33 Å². The Balaban J connectivity index is 1.94. The minimum absolute atomic E-state index is 0.742. The summed E-state index contributed by atoms with van der Waals surface area (Å²) >= 11 is 0. The van der Waals surface area contributed by atoms with E-state index in [2.05, 4.69) is 53.4 Å². The molecule has 0 saturated carbocycles. The van der Waals surface area contributed by atoms with Crippen LogP contribution >= 0.6 is 0 Å². The Labute approximate surface area is 102 Å². The van der Waals surface area contributed by atoms with Crippen LogP contribution in [0.2, 0.25) is 0 Å². The fraction of sp³-hybridized carbons (Fsp3) is 0.357. The molecule has 0 radical (unpaired) electrons. The Morgan fingerprint density at radius 2 is 2.00 bits per heavy atom. The summed E-state index contributed by atoms with van der Waals surface area (Å²) in [5.41, 5.74) is 3.39. The van der Waals surface area contributed by atoms with Gasteiger partial charge < -0.3 is 10.3 Å². The summed E-state index contributed by atoms with van der Waals surface area (Å²) in [5.74, 6) is 0.742. The zero-order valence-electron chi connectivity index (χ0n) is 10.4. The van der Waals surface area contributed by atoms with Crippen LogP contribution < -0.4 is 5.32 Å². The molecule has 3 nitrogen and oxygen atoms in total. The molecular weight excluding hydrogens is 210 g/mol. The second-order valence-corrected chi connectivity index (χ2v) is 4.65. The van der Waals surface area contributed by atoms with Crippen molar-refractivity contribution in [3.63, 3.8) is 0 Å². The normalized spacial score (nSPS) is 10.8. The molecule has 17 heavy (non-hydrogen) atoms. The van der Waals surface area contributed by atoms with Crippen LogP contribution in [0.3, 0.4) is 0 Å². The van der Waals surface area contributed by atoms with Gasteiger partial charge in [-0.05, 0) is 30.0 Å². The summed E-state index contributed by atoms with van der Waals surface area (Å²) in [6.45, 7) is 5.51. The van der Waals surface area contributed by atoms with E-state index in [0.717, 1.165) is 23.7 Å². The predicted octanol–water partition coefficient (Wildman–Crippen LogP) is 3.53. The van der Waals surface area contributed by atoms with Crippen LogP contribution in [0.5, 0.6) is 0 Å². The average molecular weight is 229 g/mol. The van der Waals surface area contributed by atoms with Gasteiger partial charge in [-0.1, -0.05) is 26.0 Å². The van der Waals surface area contributed by atoms with Crippen LogP contribution in [0.4, 0.5) is 5.69 Å². The van der Waals surface area contributed by atoms with Crippen molar-refractivity contribution in [2.45, 2.75) is 20.3 Å². The van der Waals surface area contributed by atoms with Crippen LogP contribution in [0.1, 0.15) is 20.3 Å². The SMILES string of the molecule is CC(C)CCNc1ccc(-c2cnc[nH]2)cc1. The highest BCUT2D eigenvalue weighted by Gasteiger charge is 1.99. The number of nitrogens with zero attached hydrogens (tertiary/aromatic N) is 1. The highest BCUT2D eigenvalue weighted by molar-refractivity contribution is 5.61. The van der Waals surface area contributed by atoms with Crippen molar-refractivity contribution in [3.8, 4) is 11.3 Å². The monoisotopic (exact) mass is 229 g/mol.